The van der Waals surface area contributed by atoms with Crippen LogP contribution in [0.3, 0.4) is 0 Å². The van der Waals surface area contributed by atoms with Crippen molar-refractivity contribution < 1.29 is 14.6 Å². The molecule has 0 radical (unpaired) electrons. The molecule has 0 spiro atoms. The van der Waals surface area contributed by atoms with Crippen LogP contribution in [0.5, 0.6) is 5.75 Å². The molecule has 1 heterocycles. The third-order valence-corrected chi connectivity index (χ3v) is 2.04. The van der Waals surface area contributed by atoms with Crippen molar-refractivity contribution in [3.8, 4) is 17.6 Å². The summed E-state index contributed by atoms with van der Waals surface area (Å²) in [7, 11) is 1.69. The molecule has 0 aliphatic heterocycles. The van der Waals surface area contributed by atoms with Gasteiger partial charge in [0.1, 0.15) is 12.4 Å². The van der Waals surface area contributed by atoms with E-state index in [1.54, 1.807) is 19.5 Å². The van der Waals surface area contributed by atoms with E-state index in [9.17, 15) is 0 Å². The van der Waals surface area contributed by atoms with Gasteiger partial charge in [-0.15, -0.1) is 0 Å². The Balaban J connectivity index is 2.38. The van der Waals surface area contributed by atoms with Crippen molar-refractivity contribution in [1.82, 2.24) is 4.98 Å². The Hall–Kier alpha value is -1.57. The Morgan fingerprint density at radius 2 is 2.12 bits per heavy atom. The van der Waals surface area contributed by atoms with E-state index in [2.05, 4.69) is 16.8 Å². The molecule has 0 atom stereocenters. The van der Waals surface area contributed by atoms with Gasteiger partial charge in [-0.25, -0.2) is 0 Å². The Morgan fingerprint density at radius 3 is 2.88 bits per heavy atom. The largest absolute Gasteiger partial charge is 0.492 e. The van der Waals surface area contributed by atoms with Crippen LogP contribution >= 0.6 is 0 Å². The molecule has 1 aromatic rings. The van der Waals surface area contributed by atoms with Crippen LogP contribution in [0.1, 0.15) is 18.4 Å². The van der Waals surface area contributed by atoms with Crippen molar-refractivity contribution in [2.45, 2.75) is 12.8 Å². The third kappa shape index (κ3) is 5.91. The fourth-order valence-corrected chi connectivity index (χ4v) is 1.25. The van der Waals surface area contributed by atoms with Gasteiger partial charge in [0, 0.05) is 25.5 Å². The topological polar surface area (TPSA) is 51.6 Å². The lowest BCUT2D eigenvalue weighted by atomic mass is 10.3. The fraction of sp³-hybridized carbons (Fsp3) is 0.462. The second-order valence-electron chi connectivity index (χ2n) is 3.42. The summed E-state index contributed by atoms with van der Waals surface area (Å²) in [6, 6.07) is 1.81. The predicted molar refractivity (Wildman–Crippen MR) is 64.8 cm³/mol. The van der Waals surface area contributed by atoms with E-state index in [0.717, 1.165) is 25.0 Å². The minimum Gasteiger partial charge on any atom is -0.492 e. The number of hydrogen-bond donors (Lipinski definition) is 1. The standard InChI is InChI=1S/C13H17NO3/c1-16-7-2-3-8-17-13-9-12(5-4-6-15)10-14-11-13/h9-11,15H,2-3,6-8H2,1H3. The normalized spacial score (nSPS) is 9.53. The molecule has 0 aliphatic carbocycles. The first-order valence-corrected chi connectivity index (χ1v) is 5.53. The van der Waals surface area contributed by atoms with E-state index < -0.39 is 0 Å². The van der Waals surface area contributed by atoms with Gasteiger partial charge in [-0.2, -0.15) is 0 Å². The fourth-order valence-electron chi connectivity index (χ4n) is 1.25. The summed E-state index contributed by atoms with van der Waals surface area (Å²) in [4.78, 5) is 4.02. The summed E-state index contributed by atoms with van der Waals surface area (Å²) in [6.45, 7) is 1.24. The zero-order chi connectivity index (χ0) is 12.3. The first-order chi connectivity index (χ1) is 8.36. The summed E-state index contributed by atoms with van der Waals surface area (Å²) in [5.74, 6) is 6.05. The summed E-state index contributed by atoms with van der Waals surface area (Å²) in [5, 5.41) is 8.58. The molecule has 0 amide bonds. The molecule has 1 aromatic heterocycles. The van der Waals surface area contributed by atoms with Crippen molar-refractivity contribution in [3.05, 3.63) is 24.0 Å². The van der Waals surface area contributed by atoms with Crippen molar-refractivity contribution >= 4 is 0 Å². The predicted octanol–water partition coefficient (Wildman–Crippen LogP) is 1.23. The lowest BCUT2D eigenvalue weighted by Crippen LogP contribution is -2.00. The molecule has 4 heteroatoms. The van der Waals surface area contributed by atoms with E-state index in [1.807, 2.05) is 6.07 Å². The number of unbranched alkanes of at least 4 members (excludes halogenated alkanes) is 1. The zero-order valence-corrected chi connectivity index (χ0v) is 9.98. The zero-order valence-electron chi connectivity index (χ0n) is 9.98. The molecule has 0 unspecified atom stereocenters. The van der Waals surface area contributed by atoms with Gasteiger partial charge in [0.05, 0.1) is 12.8 Å². The quantitative estimate of drug-likeness (QED) is 0.595. The van der Waals surface area contributed by atoms with Crippen LogP contribution < -0.4 is 4.74 Å². The van der Waals surface area contributed by atoms with Gasteiger partial charge in [0.15, 0.2) is 0 Å². The maximum absolute atomic E-state index is 8.58. The Kier molecular flexibility index (Phi) is 6.80. The molecular formula is C13H17NO3. The number of pyridine rings is 1. The molecular weight excluding hydrogens is 218 g/mol. The van der Waals surface area contributed by atoms with Crippen molar-refractivity contribution in [1.29, 1.82) is 0 Å². The second kappa shape index (κ2) is 8.57. The van der Waals surface area contributed by atoms with Gasteiger partial charge in [0.25, 0.3) is 0 Å². The van der Waals surface area contributed by atoms with Crippen molar-refractivity contribution in [3.63, 3.8) is 0 Å². The van der Waals surface area contributed by atoms with E-state index in [4.69, 9.17) is 14.6 Å². The van der Waals surface area contributed by atoms with Gasteiger partial charge in [-0.3, -0.25) is 4.98 Å². The molecule has 0 saturated heterocycles. The van der Waals surface area contributed by atoms with E-state index in [0.29, 0.717) is 12.4 Å². The first kappa shape index (κ1) is 13.5. The average molecular weight is 235 g/mol. The molecule has 0 aliphatic rings. The Bertz CT molecular complexity index is 382. The summed E-state index contributed by atoms with van der Waals surface area (Å²) in [6.07, 6.45) is 5.22. The van der Waals surface area contributed by atoms with Crippen LogP contribution in [-0.4, -0.2) is 37.0 Å². The molecule has 1 rings (SSSR count). The smallest absolute Gasteiger partial charge is 0.138 e. The monoisotopic (exact) mass is 235 g/mol. The highest BCUT2D eigenvalue weighted by molar-refractivity contribution is 5.36. The summed E-state index contributed by atoms with van der Waals surface area (Å²) in [5.41, 5.74) is 0.744. The maximum atomic E-state index is 8.58. The van der Waals surface area contributed by atoms with Crippen LogP contribution in [0.25, 0.3) is 0 Å². The van der Waals surface area contributed by atoms with Crippen LogP contribution in [0.4, 0.5) is 0 Å². The van der Waals surface area contributed by atoms with Gasteiger partial charge >= 0.3 is 0 Å². The number of rotatable bonds is 6. The minimum absolute atomic E-state index is 0.151. The van der Waals surface area contributed by atoms with Crippen LogP contribution in [-0.2, 0) is 4.74 Å². The number of nitrogens with zero attached hydrogens (tertiary/aromatic N) is 1. The lowest BCUT2D eigenvalue weighted by molar-refractivity contribution is 0.184. The van der Waals surface area contributed by atoms with Crippen LogP contribution in [0, 0.1) is 11.8 Å². The number of methoxy groups -OCH3 is 1. The first-order valence-electron chi connectivity index (χ1n) is 5.53. The van der Waals surface area contributed by atoms with Crippen molar-refractivity contribution in [2.75, 3.05) is 26.9 Å². The average Bonchev–Trinajstić information content (AvgIpc) is 2.37. The number of hydrogen-bond acceptors (Lipinski definition) is 4. The second-order valence-corrected chi connectivity index (χ2v) is 3.42. The molecule has 0 fully saturated rings. The van der Waals surface area contributed by atoms with Gasteiger partial charge in [-0.05, 0) is 18.9 Å². The molecule has 0 saturated carbocycles. The highest BCUT2D eigenvalue weighted by atomic mass is 16.5. The summed E-state index contributed by atoms with van der Waals surface area (Å²) < 4.78 is 10.5. The van der Waals surface area contributed by atoms with Crippen LogP contribution in [0.15, 0.2) is 18.5 Å². The summed E-state index contributed by atoms with van der Waals surface area (Å²) >= 11 is 0. The molecule has 0 aromatic carbocycles. The van der Waals surface area contributed by atoms with E-state index in [1.165, 1.54) is 0 Å². The molecule has 17 heavy (non-hydrogen) atoms. The number of aromatic nitrogens is 1. The van der Waals surface area contributed by atoms with Gasteiger partial charge in [-0.1, -0.05) is 11.8 Å². The Labute approximate surface area is 102 Å². The van der Waals surface area contributed by atoms with Gasteiger partial charge < -0.3 is 14.6 Å². The van der Waals surface area contributed by atoms with E-state index in [-0.39, 0.29) is 6.61 Å². The van der Waals surface area contributed by atoms with Crippen LogP contribution in [0.2, 0.25) is 0 Å². The minimum atomic E-state index is -0.151. The SMILES string of the molecule is COCCCCOc1cncc(C#CCO)c1. The van der Waals surface area contributed by atoms with Gasteiger partial charge in [0.2, 0.25) is 0 Å². The van der Waals surface area contributed by atoms with E-state index >= 15 is 0 Å². The number of aliphatic hydroxyl groups is 1. The highest BCUT2D eigenvalue weighted by Gasteiger charge is 1.96. The lowest BCUT2D eigenvalue weighted by Gasteiger charge is -2.05. The molecule has 1 N–H and O–H groups in total. The molecule has 92 valence electrons. The molecule has 0 bridgehead atoms. The Morgan fingerprint density at radius 1 is 1.29 bits per heavy atom. The number of ether oxygens (including phenoxy) is 2. The third-order valence-electron chi connectivity index (χ3n) is 2.04. The highest BCUT2D eigenvalue weighted by Crippen LogP contribution is 2.10. The molecule has 4 nitrogen and oxygen atoms in total. The number of aliphatic hydroxyl groups excluding tert-OH is 1. The maximum Gasteiger partial charge on any atom is 0.138 e. The van der Waals surface area contributed by atoms with Crippen molar-refractivity contribution in [2.24, 2.45) is 0 Å².